The fourth-order valence-corrected chi connectivity index (χ4v) is 2.77. The van der Waals surface area contributed by atoms with Crippen molar-refractivity contribution in [1.29, 1.82) is 0 Å². The Bertz CT molecular complexity index is 429. The molecule has 0 saturated carbocycles. The van der Waals surface area contributed by atoms with Gasteiger partial charge in [-0.3, -0.25) is 0 Å². The Kier molecular flexibility index (Phi) is 3.89. The minimum Gasteiger partial charge on any atom is -0.486 e. The van der Waals surface area contributed by atoms with Gasteiger partial charge in [0, 0.05) is 19.3 Å². The zero-order valence-electron chi connectivity index (χ0n) is 11.1. The Hall–Kier alpha value is -1.26. The fraction of sp³-hybridized carbons (Fsp3) is 0.600. The molecular weight excluding hydrogens is 242 g/mol. The lowest BCUT2D eigenvalue weighted by molar-refractivity contribution is 0.0618. The molecule has 19 heavy (non-hydrogen) atoms. The molecule has 1 unspecified atom stereocenters. The second-order valence-electron chi connectivity index (χ2n) is 5.30. The first-order chi connectivity index (χ1) is 9.33. The van der Waals surface area contributed by atoms with Crippen molar-refractivity contribution in [1.82, 2.24) is 0 Å². The Labute approximate surface area is 113 Å². The van der Waals surface area contributed by atoms with Crippen LogP contribution < -0.4 is 15.2 Å². The highest BCUT2D eigenvalue weighted by atomic mass is 16.6. The van der Waals surface area contributed by atoms with Crippen LogP contribution in [0.4, 0.5) is 0 Å². The third-order valence-corrected chi connectivity index (χ3v) is 3.92. The first-order valence-corrected chi connectivity index (χ1v) is 7.06. The van der Waals surface area contributed by atoms with E-state index in [9.17, 15) is 0 Å². The molecule has 1 aromatic carbocycles. The topological polar surface area (TPSA) is 53.7 Å². The molecule has 104 valence electrons. The molecule has 2 aliphatic heterocycles. The summed E-state index contributed by atoms with van der Waals surface area (Å²) < 4.78 is 16.5. The Morgan fingerprint density at radius 3 is 2.58 bits per heavy atom. The van der Waals surface area contributed by atoms with E-state index in [1.54, 1.807) is 0 Å². The number of nitrogens with two attached hydrogens (primary N) is 1. The normalized spacial score (nSPS) is 21.1. The van der Waals surface area contributed by atoms with Crippen LogP contribution in [0.15, 0.2) is 18.2 Å². The van der Waals surface area contributed by atoms with Gasteiger partial charge in [0.1, 0.15) is 13.2 Å². The first kappa shape index (κ1) is 12.8. The summed E-state index contributed by atoms with van der Waals surface area (Å²) in [5.74, 6) is 2.33. The maximum Gasteiger partial charge on any atom is 0.161 e. The zero-order valence-corrected chi connectivity index (χ0v) is 11.1. The highest BCUT2D eigenvalue weighted by Gasteiger charge is 2.20. The average Bonchev–Trinajstić information content (AvgIpc) is 2.48. The van der Waals surface area contributed by atoms with Gasteiger partial charge < -0.3 is 19.9 Å². The average molecular weight is 263 g/mol. The molecule has 1 saturated heterocycles. The Balaban J connectivity index is 1.67. The van der Waals surface area contributed by atoms with Crippen LogP contribution in [0.2, 0.25) is 0 Å². The highest BCUT2D eigenvalue weighted by Crippen LogP contribution is 2.34. The molecule has 0 radical (unpaired) electrons. The van der Waals surface area contributed by atoms with Crippen LogP contribution in [0.1, 0.15) is 30.9 Å². The molecule has 2 aliphatic rings. The van der Waals surface area contributed by atoms with Crippen molar-refractivity contribution in [2.24, 2.45) is 11.7 Å². The van der Waals surface area contributed by atoms with Gasteiger partial charge in [0.25, 0.3) is 0 Å². The van der Waals surface area contributed by atoms with E-state index in [0.717, 1.165) is 49.5 Å². The van der Waals surface area contributed by atoms with Gasteiger partial charge in [0.15, 0.2) is 11.5 Å². The van der Waals surface area contributed by atoms with E-state index in [4.69, 9.17) is 19.9 Å². The van der Waals surface area contributed by atoms with E-state index >= 15 is 0 Å². The second-order valence-corrected chi connectivity index (χ2v) is 5.30. The Morgan fingerprint density at radius 2 is 1.79 bits per heavy atom. The number of benzene rings is 1. The first-order valence-electron chi connectivity index (χ1n) is 7.06. The molecule has 1 aromatic rings. The van der Waals surface area contributed by atoms with E-state index < -0.39 is 0 Å². The Morgan fingerprint density at radius 1 is 1.05 bits per heavy atom. The van der Waals surface area contributed by atoms with E-state index in [0.29, 0.717) is 19.1 Å². The van der Waals surface area contributed by atoms with Crippen LogP contribution in [0.5, 0.6) is 11.5 Å². The molecule has 1 atom stereocenters. The number of ether oxygens (including phenoxy) is 3. The smallest absolute Gasteiger partial charge is 0.161 e. The van der Waals surface area contributed by atoms with Crippen LogP contribution in [-0.4, -0.2) is 26.4 Å². The van der Waals surface area contributed by atoms with Gasteiger partial charge in [-0.15, -0.1) is 0 Å². The standard InChI is InChI=1S/C15H21NO3/c16-13(9-11-3-5-17-6-4-11)12-1-2-14-15(10-12)19-8-7-18-14/h1-2,10-11,13H,3-9,16H2. The quantitative estimate of drug-likeness (QED) is 0.909. The maximum absolute atomic E-state index is 6.32. The predicted molar refractivity (Wildman–Crippen MR) is 72.5 cm³/mol. The summed E-state index contributed by atoms with van der Waals surface area (Å²) in [6, 6.07) is 6.11. The lowest BCUT2D eigenvalue weighted by atomic mass is 9.90. The minimum absolute atomic E-state index is 0.0685. The summed E-state index contributed by atoms with van der Waals surface area (Å²) in [5, 5.41) is 0. The van der Waals surface area contributed by atoms with Crippen LogP contribution in [0.3, 0.4) is 0 Å². The summed E-state index contributed by atoms with van der Waals surface area (Å²) in [7, 11) is 0. The van der Waals surface area contributed by atoms with Crippen molar-refractivity contribution >= 4 is 0 Å². The molecule has 2 heterocycles. The molecule has 4 nitrogen and oxygen atoms in total. The van der Waals surface area contributed by atoms with Crippen molar-refractivity contribution < 1.29 is 14.2 Å². The van der Waals surface area contributed by atoms with Gasteiger partial charge in [0.2, 0.25) is 0 Å². The number of fused-ring (bicyclic) bond motifs is 1. The lowest BCUT2D eigenvalue weighted by Crippen LogP contribution is -2.22. The van der Waals surface area contributed by atoms with Gasteiger partial charge in [-0.05, 0) is 42.9 Å². The summed E-state index contributed by atoms with van der Waals surface area (Å²) in [5.41, 5.74) is 7.46. The van der Waals surface area contributed by atoms with E-state index in [1.807, 2.05) is 12.1 Å². The van der Waals surface area contributed by atoms with E-state index in [1.165, 1.54) is 0 Å². The van der Waals surface area contributed by atoms with E-state index in [-0.39, 0.29) is 6.04 Å². The van der Waals surface area contributed by atoms with Crippen LogP contribution >= 0.6 is 0 Å². The van der Waals surface area contributed by atoms with Gasteiger partial charge >= 0.3 is 0 Å². The van der Waals surface area contributed by atoms with Crippen molar-refractivity contribution in [2.75, 3.05) is 26.4 Å². The highest BCUT2D eigenvalue weighted by molar-refractivity contribution is 5.44. The monoisotopic (exact) mass is 263 g/mol. The van der Waals surface area contributed by atoms with Crippen LogP contribution in [0, 0.1) is 5.92 Å². The minimum atomic E-state index is 0.0685. The summed E-state index contributed by atoms with van der Waals surface area (Å²) >= 11 is 0. The molecular formula is C15H21NO3. The van der Waals surface area contributed by atoms with Gasteiger partial charge in [0.05, 0.1) is 0 Å². The molecule has 3 rings (SSSR count). The summed E-state index contributed by atoms with van der Waals surface area (Å²) in [6.45, 7) is 2.99. The zero-order chi connectivity index (χ0) is 13.1. The SMILES string of the molecule is NC(CC1CCOCC1)c1ccc2c(c1)OCCO2. The molecule has 2 N–H and O–H groups in total. The van der Waals surface area contributed by atoms with Gasteiger partial charge in [-0.2, -0.15) is 0 Å². The molecule has 0 bridgehead atoms. The van der Waals surface area contributed by atoms with Crippen molar-refractivity contribution in [2.45, 2.75) is 25.3 Å². The largest absolute Gasteiger partial charge is 0.486 e. The maximum atomic E-state index is 6.32. The van der Waals surface area contributed by atoms with Gasteiger partial charge in [-0.1, -0.05) is 6.07 Å². The lowest BCUT2D eigenvalue weighted by Gasteiger charge is -2.26. The molecule has 0 amide bonds. The van der Waals surface area contributed by atoms with Crippen LogP contribution in [-0.2, 0) is 4.74 Å². The van der Waals surface area contributed by atoms with E-state index in [2.05, 4.69) is 6.07 Å². The number of hydrogen-bond acceptors (Lipinski definition) is 4. The van der Waals surface area contributed by atoms with Crippen molar-refractivity contribution in [3.05, 3.63) is 23.8 Å². The molecule has 0 spiro atoms. The molecule has 4 heteroatoms. The summed E-state index contributed by atoms with van der Waals surface area (Å²) in [4.78, 5) is 0. The molecule has 1 fully saturated rings. The van der Waals surface area contributed by atoms with Crippen LogP contribution in [0.25, 0.3) is 0 Å². The molecule has 0 aliphatic carbocycles. The molecule has 0 aromatic heterocycles. The predicted octanol–water partition coefficient (Wildman–Crippen LogP) is 2.27. The van der Waals surface area contributed by atoms with Gasteiger partial charge in [-0.25, -0.2) is 0 Å². The van der Waals surface area contributed by atoms with Crippen molar-refractivity contribution in [3.63, 3.8) is 0 Å². The number of hydrogen-bond donors (Lipinski definition) is 1. The third-order valence-electron chi connectivity index (χ3n) is 3.92. The number of rotatable bonds is 3. The summed E-state index contributed by atoms with van der Waals surface area (Å²) in [6.07, 6.45) is 3.26. The van der Waals surface area contributed by atoms with Crippen molar-refractivity contribution in [3.8, 4) is 11.5 Å². The fourth-order valence-electron chi connectivity index (χ4n) is 2.77. The third kappa shape index (κ3) is 3.01. The second kappa shape index (κ2) is 5.80.